The van der Waals surface area contributed by atoms with E-state index in [0.717, 1.165) is 5.39 Å². The molecular weight excluding hydrogens is 493 g/mol. The summed E-state index contributed by atoms with van der Waals surface area (Å²) >= 11 is 0. The molecule has 0 spiro atoms. The Morgan fingerprint density at radius 2 is 1.46 bits per heavy atom. The largest absolute Gasteiger partial charge is 0.335 e. The van der Waals surface area contributed by atoms with Gasteiger partial charge in [0.2, 0.25) is 0 Å². The number of nitrogens with one attached hydrogen (secondary N) is 2. The van der Waals surface area contributed by atoms with E-state index in [-0.39, 0.29) is 17.8 Å². The molecule has 0 radical (unpaired) electrons. The fraction of sp³-hybridized carbons (Fsp3) is 0.148. The number of hydrogen-bond acceptors (Lipinski definition) is 4. The van der Waals surface area contributed by atoms with Crippen LogP contribution in [0.3, 0.4) is 0 Å². The molecule has 1 fully saturated rings. The Kier molecular flexibility index (Phi) is 7.09. The summed E-state index contributed by atoms with van der Waals surface area (Å²) < 4.78 is 29.0. The molecule has 0 bridgehead atoms. The molecule has 10 heteroatoms. The summed E-state index contributed by atoms with van der Waals surface area (Å²) in [7, 11) is -1.53. The van der Waals surface area contributed by atoms with Crippen LogP contribution in [-0.2, 0) is 11.0 Å². The third kappa shape index (κ3) is 5.59. The number of para-hydroxylation sites is 1. The average Bonchev–Trinajstić information content (AvgIpc) is 2.94. The second-order valence-electron chi connectivity index (χ2n) is 8.50. The van der Waals surface area contributed by atoms with Crippen LogP contribution in [0.25, 0.3) is 10.9 Å². The van der Waals surface area contributed by atoms with Gasteiger partial charge in [-0.2, -0.15) is 0 Å². The summed E-state index contributed by atoms with van der Waals surface area (Å²) in [6.45, 7) is 1.56. The molecule has 3 amide bonds. The number of halogens is 1. The summed E-state index contributed by atoms with van der Waals surface area (Å²) in [5, 5.41) is 3.65. The SMILES string of the molecule is O=C(Nc1ccc(F)cc1)N1CCN(C(=O)c2ccc(NS(=O)c3cccc4cccnc34)cc2)CC1. The molecule has 1 atom stereocenters. The number of nitrogens with zero attached hydrogens (tertiary/aromatic N) is 3. The maximum Gasteiger partial charge on any atom is 0.321 e. The highest BCUT2D eigenvalue weighted by molar-refractivity contribution is 7.86. The Balaban J connectivity index is 1.16. The molecule has 1 aromatic heterocycles. The van der Waals surface area contributed by atoms with Gasteiger partial charge >= 0.3 is 6.03 Å². The first kappa shape index (κ1) is 24.4. The molecule has 1 unspecified atom stereocenters. The second-order valence-corrected chi connectivity index (χ2v) is 9.68. The molecule has 0 saturated carbocycles. The zero-order chi connectivity index (χ0) is 25.8. The maximum absolute atomic E-state index is 13.1. The fourth-order valence-corrected chi connectivity index (χ4v) is 5.11. The molecule has 8 nitrogen and oxygen atoms in total. The zero-order valence-corrected chi connectivity index (χ0v) is 20.6. The van der Waals surface area contributed by atoms with Crippen LogP contribution >= 0.6 is 0 Å². The lowest BCUT2D eigenvalue weighted by molar-refractivity contribution is 0.0671. The van der Waals surface area contributed by atoms with Gasteiger partial charge in [0, 0.05) is 54.7 Å². The average molecular weight is 518 g/mol. The van der Waals surface area contributed by atoms with Crippen molar-refractivity contribution in [2.45, 2.75) is 4.90 Å². The monoisotopic (exact) mass is 517 g/mol. The first-order valence-corrected chi connectivity index (χ1v) is 12.9. The number of piperazine rings is 1. The van der Waals surface area contributed by atoms with E-state index in [2.05, 4.69) is 15.0 Å². The second kappa shape index (κ2) is 10.8. The minimum Gasteiger partial charge on any atom is -0.335 e. The van der Waals surface area contributed by atoms with Crippen LogP contribution in [0.1, 0.15) is 10.4 Å². The highest BCUT2D eigenvalue weighted by Crippen LogP contribution is 2.21. The molecule has 188 valence electrons. The van der Waals surface area contributed by atoms with Crippen LogP contribution < -0.4 is 10.0 Å². The maximum atomic E-state index is 13.1. The van der Waals surface area contributed by atoms with Crippen LogP contribution in [0, 0.1) is 5.82 Å². The molecule has 1 aliphatic rings. The predicted molar refractivity (Wildman–Crippen MR) is 141 cm³/mol. The van der Waals surface area contributed by atoms with E-state index < -0.39 is 11.0 Å². The third-order valence-electron chi connectivity index (χ3n) is 6.09. The van der Waals surface area contributed by atoms with Crippen molar-refractivity contribution in [3.63, 3.8) is 0 Å². The molecule has 3 aromatic carbocycles. The van der Waals surface area contributed by atoms with Gasteiger partial charge < -0.3 is 19.8 Å². The minimum absolute atomic E-state index is 0.135. The quantitative estimate of drug-likeness (QED) is 0.408. The van der Waals surface area contributed by atoms with Gasteiger partial charge in [-0.1, -0.05) is 18.2 Å². The van der Waals surface area contributed by atoms with Crippen molar-refractivity contribution in [1.82, 2.24) is 14.8 Å². The molecule has 4 aromatic rings. The number of urea groups is 1. The molecule has 2 heterocycles. The van der Waals surface area contributed by atoms with Gasteiger partial charge in [-0.3, -0.25) is 9.78 Å². The highest BCUT2D eigenvalue weighted by Gasteiger charge is 2.25. The number of carbonyl (C=O) groups excluding carboxylic acids is 2. The van der Waals surface area contributed by atoms with Crippen LogP contribution in [0.4, 0.5) is 20.6 Å². The van der Waals surface area contributed by atoms with E-state index in [1.807, 2.05) is 24.3 Å². The summed E-state index contributed by atoms with van der Waals surface area (Å²) in [4.78, 5) is 33.7. The number of anilines is 2. The Morgan fingerprint density at radius 3 is 2.19 bits per heavy atom. The van der Waals surface area contributed by atoms with Gasteiger partial charge in [0.15, 0.2) is 11.0 Å². The number of amides is 3. The first-order valence-electron chi connectivity index (χ1n) is 11.7. The minimum atomic E-state index is -1.53. The topological polar surface area (TPSA) is 94.6 Å². The molecule has 1 aliphatic heterocycles. The van der Waals surface area contributed by atoms with Crippen molar-refractivity contribution in [3.8, 4) is 0 Å². The number of aromatic nitrogens is 1. The Morgan fingerprint density at radius 1 is 0.811 bits per heavy atom. The summed E-state index contributed by atoms with van der Waals surface area (Å²) in [5.74, 6) is -0.506. The normalized spacial score (nSPS) is 14.3. The van der Waals surface area contributed by atoms with Crippen molar-refractivity contribution >= 4 is 45.2 Å². The Hall–Kier alpha value is -4.31. The first-order chi connectivity index (χ1) is 18.0. The lowest BCUT2D eigenvalue weighted by atomic mass is 10.1. The summed E-state index contributed by atoms with van der Waals surface area (Å²) in [6.07, 6.45) is 1.67. The van der Waals surface area contributed by atoms with Crippen LogP contribution in [0.15, 0.2) is 90.0 Å². The van der Waals surface area contributed by atoms with Crippen LogP contribution in [0.5, 0.6) is 0 Å². The van der Waals surface area contributed by atoms with E-state index in [1.54, 1.807) is 46.3 Å². The van der Waals surface area contributed by atoms with Gasteiger partial charge in [0.05, 0.1) is 10.4 Å². The van der Waals surface area contributed by atoms with Gasteiger partial charge in [-0.05, 0) is 60.7 Å². The van der Waals surface area contributed by atoms with Gasteiger partial charge in [0.25, 0.3) is 5.91 Å². The van der Waals surface area contributed by atoms with Gasteiger partial charge in [-0.25, -0.2) is 13.4 Å². The Bertz CT molecular complexity index is 1450. The third-order valence-corrected chi connectivity index (χ3v) is 7.24. The molecular formula is C27H24FN5O3S. The smallest absolute Gasteiger partial charge is 0.321 e. The summed E-state index contributed by atoms with van der Waals surface area (Å²) in [6, 6.07) is 21.4. The van der Waals surface area contributed by atoms with E-state index in [0.29, 0.717) is 53.5 Å². The van der Waals surface area contributed by atoms with Crippen molar-refractivity contribution < 1.29 is 18.2 Å². The van der Waals surface area contributed by atoms with Gasteiger partial charge in [0.1, 0.15) is 5.82 Å². The lowest BCUT2D eigenvalue weighted by Gasteiger charge is -2.34. The van der Waals surface area contributed by atoms with E-state index >= 15 is 0 Å². The lowest BCUT2D eigenvalue weighted by Crippen LogP contribution is -2.51. The number of carbonyl (C=O) groups is 2. The van der Waals surface area contributed by atoms with Crippen molar-refractivity contribution in [1.29, 1.82) is 0 Å². The zero-order valence-electron chi connectivity index (χ0n) is 19.8. The van der Waals surface area contributed by atoms with Gasteiger partial charge in [-0.15, -0.1) is 0 Å². The predicted octanol–water partition coefficient (Wildman–Crippen LogP) is 4.50. The van der Waals surface area contributed by atoms with Crippen LogP contribution in [0.2, 0.25) is 0 Å². The van der Waals surface area contributed by atoms with Crippen molar-refractivity contribution in [3.05, 3.63) is 96.4 Å². The molecule has 0 aliphatic carbocycles. The molecule has 2 N–H and O–H groups in total. The van der Waals surface area contributed by atoms with E-state index in [1.165, 1.54) is 24.3 Å². The van der Waals surface area contributed by atoms with E-state index in [9.17, 15) is 18.2 Å². The number of rotatable bonds is 5. The highest BCUT2D eigenvalue weighted by atomic mass is 32.2. The number of pyridine rings is 1. The number of fused-ring (bicyclic) bond motifs is 1. The molecule has 1 saturated heterocycles. The fourth-order valence-electron chi connectivity index (χ4n) is 4.10. The Labute approximate surface area is 215 Å². The number of benzene rings is 3. The number of hydrogen-bond donors (Lipinski definition) is 2. The molecule has 37 heavy (non-hydrogen) atoms. The van der Waals surface area contributed by atoms with Crippen molar-refractivity contribution in [2.75, 3.05) is 36.2 Å². The van der Waals surface area contributed by atoms with Crippen LogP contribution in [-0.4, -0.2) is 57.1 Å². The molecule has 5 rings (SSSR count). The standard InChI is InChI=1S/C27H24FN5O3S/c28-21-8-12-22(13-9-21)30-27(35)33-17-15-32(16-18-33)26(34)20-6-10-23(11-7-20)31-37(36)24-5-1-3-19-4-2-14-29-25(19)24/h1-14,31H,15-18H2,(H,30,35). The van der Waals surface area contributed by atoms with E-state index in [4.69, 9.17) is 0 Å². The summed E-state index contributed by atoms with van der Waals surface area (Å²) in [5.41, 5.74) is 2.31. The van der Waals surface area contributed by atoms with Crippen molar-refractivity contribution in [2.24, 2.45) is 0 Å².